The van der Waals surface area contributed by atoms with Gasteiger partial charge in [0.15, 0.2) is 0 Å². The van der Waals surface area contributed by atoms with Crippen molar-refractivity contribution in [2.75, 3.05) is 25.5 Å². The van der Waals surface area contributed by atoms with Crippen LogP contribution in [0.15, 0.2) is 35.7 Å². The summed E-state index contributed by atoms with van der Waals surface area (Å²) in [7, 11) is 1.56. The van der Waals surface area contributed by atoms with Gasteiger partial charge in [-0.1, -0.05) is 29.3 Å². The van der Waals surface area contributed by atoms with Crippen LogP contribution in [0, 0.1) is 0 Å². The van der Waals surface area contributed by atoms with E-state index in [1.165, 1.54) is 16.2 Å². The zero-order valence-corrected chi connectivity index (χ0v) is 17.5. The Hall–Kier alpha value is -2.09. The number of amides is 3. The van der Waals surface area contributed by atoms with Crippen molar-refractivity contribution < 1.29 is 14.4 Å². The monoisotopic (exact) mass is 439 g/mol. The lowest BCUT2D eigenvalue weighted by Gasteiger charge is -2.27. The molecule has 1 fully saturated rings. The van der Waals surface area contributed by atoms with Crippen molar-refractivity contribution in [2.24, 2.45) is 0 Å². The quantitative estimate of drug-likeness (QED) is 0.770. The van der Waals surface area contributed by atoms with Crippen molar-refractivity contribution in [3.63, 3.8) is 0 Å². The molecule has 1 aliphatic rings. The number of hydrogen-bond donors (Lipinski definition) is 1. The summed E-state index contributed by atoms with van der Waals surface area (Å²) in [5.74, 6) is -0.741. The number of nitrogens with zero attached hydrogens (tertiary/aromatic N) is 2. The Balaban J connectivity index is 1.60. The Morgan fingerprint density at radius 1 is 1.25 bits per heavy atom. The van der Waals surface area contributed by atoms with Gasteiger partial charge in [-0.2, -0.15) is 0 Å². The minimum absolute atomic E-state index is 0.128. The van der Waals surface area contributed by atoms with Gasteiger partial charge in [-0.25, -0.2) is 0 Å². The van der Waals surface area contributed by atoms with Gasteiger partial charge in [0.05, 0.1) is 21.5 Å². The predicted molar refractivity (Wildman–Crippen MR) is 111 cm³/mol. The Morgan fingerprint density at radius 2 is 2.04 bits per heavy atom. The molecule has 0 saturated carbocycles. The number of hydrogen-bond acceptors (Lipinski definition) is 4. The van der Waals surface area contributed by atoms with Crippen LogP contribution >= 0.6 is 34.5 Å². The predicted octanol–water partition coefficient (Wildman–Crippen LogP) is 3.76. The van der Waals surface area contributed by atoms with Gasteiger partial charge in [0, 0.05) is 19.3 Å². The Labute approximate surface area is 177 Å². The average molecular weight is 440 g/mol. The molecule has 0 radical (unpaired) electrons. The highest BCUT2D eigenvalue weighted by Gasteiger charge is 2.36. The summed E-state index contributed by atoms with van der Waals surface area (Å²) in [6.45, 7) is 0.410. The molecule has 6 nitrogen and oxygen atoms in total. The highest BCUT2D eigenvalue weighted by molar-refractivity contribution is 7.12. The van der Waals surface area contributed by atoms with E-state index in [0.29, 0.717) is 33.6 Å². The van der Waals surface area contributed by atoms with Gasteiger partial charge in [0.1, 0.15) is 6.04 Å². The molecular weight excluding hydrogens is 421 g/mol. The second kappa shape index (κ2) is 8.94. The molecule has 2 heterocycles. The number of thiophene rings is 1. The first-order valence-electron chi connectivity index (χ1n) is 8.71. The van der Waals surface area contributed by atoms with E-state index in [0.717, 1.165) is 6.42 Å². The number of likely N-dealkylation sites (N-methyl/N-ethyl adjacent to an activating group) is 1. The number of carbonyl (C=O) groups is 3. The van der Waals surface area contributed by atoms with Crippen molar-refractivity contribution in [3.8, 4) is 0 Å². The fourth-order valence-electron chi connectivity index (χ4n) is 3.13. The molecule has 148 valence electrons. The van der Waals surface area contributed by atoms with Gasteiger partial charge in [0.2, 0.25) is 11.8 Å². The molecular formula is C19H19Cl2N3O3S. The summed E-state index contributed by atoms with van der Waals surface area (Å²) in [5, 5.41) is 5.24. The molecule has 0 bridgehead atoms. The molecule has 1 aliphatic heterocycles. The van der Waals surface area contributed by atoms with Crippen molar-refractivity contribution in [3.05, 3.63) is 50.6 Å². The molecule has 28 heavy (non-hydrogen) atoms. The summed E-state index contributed by atoms with van der Waals surface area (Å²) >= 11 is 13.2. The van der Waals surface area contributed by atoms with Gasteiger partial charge in [-0.05, 0) is 42.5 Å². The maximum atomic E-state index is 12.8. The third kappa shape index (κ3) is 4.66. The van der Waals surface area contributed by atoms with Crippen LogP contribution < -0.4 is 5.32 Å². The SMILES string of the molecule is CN(CC(=O)Nc1ccc(Cl)c(Cl)c1)C(=O)[C@H]1CCCN1C(=O)c1cccs1. The summed E-state index contributed by atoms with van der Waals surface area (Å²) in [5.41, 5.74) is 0.496. The van der Waals surface area contributed by atoms with E-state index >= 15 is 0 Å². The van der Waals surface area contributed by atoms with E-state index in [1.807, 2.05) is 11.4 Å². The van der Waals surface area contributed by atoms with Crippen LogP contribution in [0.2, 0.25) is 10.0 Å². The third-order valence-electron chi connectivity index (χ3n) is 4.49. The van der Waals surface area contributed by atoms with E-state index in [4.69, 9.17) is 23.2 Å². The maximum Gasteiger partial charge on any atom is 0.264 e. The molecule has 0 spiro atoms. The standard InChI is InChI=1S/C19H19Cl2N3O3S/c1-23(11-17(25)22-12-6-7-13(20)14(21)10-12)18(26)15-4-2-8-24(15)19(27)16-5-3-9-28-16/h3,5-7,9-10,15H,2,4,8,11H2,1H3,(H,22,25)/t15-/m1/s1. The van der Waals surface area contributed by atoms with Crippen LogP contribution in [0.25, 0.3) is 0 Å². The van der Waals surface area contributed by atoms with Crippen molar-refractivity contribution in [2.45, 2.75) is 18.9 Å². The number of halogens is 2. The number of carbonyl (C=O) groups excluding carboxylic acids is 3. The summed E-state index contributed by atoms with van der Waals surface area (Å²) in [6, 6.07) is 7.78. The topological polar surface area (TPSA) is 69.7 Å². The van der Waals surface area contributed by atoms with Crippen LogP contribution in [-0.4, -0.2) is 53.7 Å². The molecule has 1 saturated heterocycles. The van der Waals surface area contributed by atoms with Crippen LogP contribution in [0.5, 0.6) is 0 Å². The van der Waals surface area contributed by atoms with Crippen LogP contribution in [0.3, 0.4) is 0 Å². The van der Waals surface area contributed by atoms with E-state index in [9.17, 15) is 14.4 Å². The lowest BCUT2D eigenvalue weighted by Crippen LogP contribution is -2.48. The van der Waals surface area contributed by atoms with Crippen LogP contribution in [0.4, 0.5) is 5.69 Å². The first-order chi connectivity index (χ1) is 13.4. The fraction of sp³-hybridized carbons (Fsp3) is 0.316. The lowest BCUT2D eigenvalue weighted by atomic mass is 10.2. The highest BCUT2D eigenvalue weighted by Crippen LogP contribution is 2.25. The fourth-order valence-corrected chi connectivity index (χ4v) is 4.11. The van der Waals surface area contributed by atoms with E-state index < -0.39 is 6.04 Å². The lowest BCUT2D eigenvalue weighted by molar-refractivity contribution is -0.136. The maximum absolute atomic E-state index is 12.8. The number of benzene rings is 1. The largest absolute Gasteiger partial charge is 0.335 e. The molecule has 1 aromatic heterocycles. The zero-order valence-electron chi connectivity index (χ0n) is 15.2. The smallest absolute Gasteiger partial charge is 0.264 e. The number of likely N-dealkylation sites (tertiary alicyclic amines) is 1. The molecule has 3 amide bonds. The Morgan fingerprint density at radius 3 is 2.71 bits per heavy atom. The van der Waals surface area contributed by atoms with Crippen LogP contribution in [-0.2, 0) is 9.59 Å². The minimum atomic E-state index is -0.544. The zero-order chi connectivity index (χ0) is 20.3. The van der Waals surface area contributed by atoms with Crippen molar-refractivity contribution >= 4 is 57.9 Å². The normalized spacial score (nSPS) is 16.1. The molecule has 0 aliphatic carbocycles. The van der Waals surface area contributed by atoms with Gasteiger partial charge in [-0.3, -0.25) is 14.4 Å². The van der Waals surface area contributed by atoms with Gasteiger partial charge in [-0.15, -0.1) is 11.3 Å². The highest BCUT2D eigenvalue weighted by atomic mass is 35.5. The molecule has 1 atom stereocenters. The van der Waals surface area contributed by atoms with Gasteiger partial charge < -0.3 is 15.1 Å². The Kier molecular flexibility index (Phi) is 6.59. The summed E-state index contributed by atoms with van der Waals surface area (Å²) in [6.07, 6.45) is 1.35. The summed E-state index contributed by atoms with van der Waals surface area (Å²) < 4.78 is 0. The van der Waals surface area contributed by atoms with Crippen molar-refractivity contribution in [1.29, 1.82) is 0 Å². The van der Waals surface area contributed by atoms with Gasteiger partial charge >= 0.3 is 0 Å². The van der Waals surface area contributed by atoms with E-state index in [2.05, 4.69) is 5.32 Å². The second-order valence-corrected chi connectivity index (χ2v) is 8.27. The first-order valence-corrected chi connectivity index (χ1v) is 10.3. The third-order valence-corrected chi connectivity index (χ3v) is 6.09. The second-order valence-electron chi connectivity index (χ2n) is 6.51. The average Bonchev–Trinajstić information content (AvgIpc) is 3.35. The molecule has 2 aromatic rings. The van der Waals surface area contributed by atoms with Crippen molar-refractivity contribution in [1.82, 2.24) is 9.80 Å². The first kappa shape index (κ1) is 20.6. The number of anilines is 1. The Bertz CT molecular complexity index is 889. The molecule has 1 aromatic carbocycles. The molecule has 9 heteroatoms. The number of rotatable bonds is 5. The molecule has 0 unspecified atom stereocenters. The van der Waals surface area contributed by atoms with Gasteiger partial charge in [0.25, 0.3) is 5.91 Å². The van der Waals surface area contributed by atoms with Crippen LogP contribution in [0.1, 0.15) is 22.5 Å². The number of nitrogens with one attached hydrogen (secondary N) is 1. The van der Waals surface area contributed by atoms with E-state index in [1.54, 1.807) is 36.2 Å². The molecule has 1 N–H and O–H groups in total. The summed E-state index contributed by atoms with van der Waals surface area (Å²) in [4.78, 5) is 41.3. The minimum Gasteiger partial charge on any atom is -0.335 e. The van der Waals surface area contributed by atoms with E-state index in [-0.39, 0.29) is 24.3 Å². The molecule has 3 rings (SSSR count).